The number of hydrogen-bond acceptors (Lipinski definition) is 6. The molecule has 0 saturated carbocycles. The average molecular weight is 593 g/mol. The van der Waals surface area contributed by atoms with Gasteiger partial charge in [0.05, 0.1) is 17.0 Å². The van der Waals surface area contributed by atoms with Crippen molar-refractivity contribution in [3.63, 3.8) is 0 Å². The van der Waals surface area contributed by atoms with Gasteiger partial charge in [-0.05, 0) is 53.9 Å². The molecule has 216 valence electrons. The molecule has 0 radical (unpaired) electrons. The highest BCUT2D eigenvalue weighted by molar-refractivity contribution is 7.17. The molecule has 0 spiro atoms. The summed E-state index contributed by atoms with van der Waals surface area (Å²) in [5, 5.41) is 2.84. The third-order valence-corrected chi connectivity index (χ3v) is 7.93. The smallest absolute Gasteiger partial charge is 0.420 e. The predicted molar refractivity (Wildman–Crippen MR) is 143 cm³/mol. The molecule has 41 heavy (non-hydrogen) atoms. The topological polar surface area (TPSA) is 101 Å². The summed E-state index contributed by atoms with van der Waals surface area (Å²) in [4.78, 5) is 31.1. The van der Waals surface area contributed by atoms with Crippen LogP contribution in [0.3, 0.4) is 0 Å². The van der Waals surface area contributed by atoms with Crippen LogP contribution in [-0.2, 0) is 23.9 Å². The second kappa shape index (κ2) is 11.1. The lowest BCUT2D eigenvalue weighted by Gasteiger charge is -2.31. The lowest BCUT2D eigenvalue weighted by molar-refractivity contribution is -0.136. The molecule has 0 bridgehead atoms. The zero-order chi connectivity index (χ0) is 29.4. The molecule has 3 N–H and O–H groups in total. The van der Waals surface area contributed by atoms with Gasteiger partial charge in [-0.25, -0.2) is 13.8 Å². The van der Waals surface area contributed by atoms with Crippen LogP contribution in [0.1, 0.15) is 45.8 Å². The first-order valence-corrected chi connectivity index (χ1v) is 13.6. The molecule has 13 heteroatoms. The van der Waals surface area contributed by atoms with Crippen molar-refractivity contribution in [2.75, 3.05) is 18.8 Å². The minimum atomic E-state index is -4.73. The van der Waals surface area contributed by atoms with Crippen molar-refractivity contribution in [1.82, 2.24) is 15.2 Å². The number of fused-ring (bicyclic) bond motifs is 1. The lowest BCUT2D eigenvalue weighted by atomic mass is 10.1. The summed E-state index contributed by atoms with van der Waals surface area (Å²) in [7, 11) is 0. The van der Waals surface area contributed by atoms with Crippen LogP contribution >= 0.6 is 11.3 Å². The van der Waals surface area contributed by atoms with Crippen LogP contribution in [-0.4, -0.2) is 40.7 Å². The molecule has 1 aliphatic rings. The van der Waals surface area contributed by atoms with Crippen LogP contribution in [0.5, 0.6) is 0 Å². The maximum absolute atomic E-state index is 14.0. The van der Waals surface area contributed by atoms with Crippen LogP contribution in [0.4, 0.5) is 27.8 Å². The Bertz CT molecular complexity index is 1570. The first kappa shape index (κ1) is 28.5. The Kier molecular flexibility index (Phi) is 7.73. The van der Waals surface area contributed by atoms with Gasteiger partial charge in [0.2, 0.25) is 5.91 Å². The summed E-state index contributed by atoms with van der Waals surface area (Å²) in [6, 6.07) is 10.3. The van der Waals surface area contributed by atoms with Crippen molar-refractivity contribution in [1.29, 1.82) is 0 Å². The second-order valence-electron chi connectivity index (χ2n) is 9.83. The standard InChI is InChI=1S/C28H25F5N4O3S/c29-27(30)7-9-37(10-8-27)26(39)22-4-3-21(41-22)17-11-18-12-19(40-25(18)20(13-17)28(31,32)33)15-36-24(38)6-2-16-1-5-23(34)35-14-16/h1,3-5,11-14H,2,6-10,15H2,(H2,34,35)(H,36,38). The number of furan rings is 1. The number of nitrogens with zero attached hydrogens (tertiary/aromatic N) is 2. The van der Waals surface area contributed by atoms with E-state index in [-0.39, 0.29) is 59.1 Å². The number of piperidine rings is 1. The fourth-order valence-electron chi connectivity index (χ4n) is 4.56. The zero-order valence-corrected chi connectivity index (χ0v) is 22.4. The molecular weight excluding hydrogens is 567 g/mol. The fourth-order valence-corrected chi connectivity index (χ4v) is 5.52. The van der Waals surface area contributed by atoms with E-state index in [1.807, 2.05) is 0 Å². The van der Waals surface area contributed by atoms with Crippen molar-refractivity contribution >= 4 is 39.9 Å². The summed E-state index contributed by atoms with van der Waals surface area (Å²) < 4.78 is 74.4. The Hall–Kier alpha value is -4.00. The van der Waals surface area contributed by atoms with E-state index in [1.165, 1.54) is 29.2 Å². The number of alkyl halides is 5. The maximum atomic E-state index is 14.0. The summed E-state index contributed by atoms with van der Waals surface area (Å²) >= 11 is 0.996. The fraction of sp³-hybridized carbons (Fsp3) is 0.321. The summed E-state index contributed by atoms with van der Waals surface area (Å²) in [5.74, 6) is -3.03. The lowest BCUT2D eigenvalue weighted by Crippen LogP contribution is -2.42. The number of rotatable bonds is 7. The van der Waals surface area contributed by atoms with Crippen LogP contribution in [0.2, 0.25) is 0 Å². The summed E-state index contributed by atoms with van der Waals surface area (Å²) in [6.07, 6.45) is -3.45. The SMILES string of the molecule is Nc1ccc(CCC(=O)NCc2cc3cc(-c4ccc(C(=O)N5CCC(F)(F)CC5)s4)cc(C(F)(F)F)c3o2)cn1. The van der Waals surface area contributed by atoms with Crippen LogP contribution in [0, 0.1) is 0 Å². The van der Waals surface area contributed by atoms with Crippen LogP contribution < -0.4 is 11.1 Å². The number of nitrogens with one attached hydrogen (secondary N) is 1. The van der Waals surface area contributed by atoms with Gasteiger partial charge in [0.1, 0.15) is 17.2 Å². The molecule has 4 heterocycles. The highest BCUT2D eigenvalue weighted by Crippen LogP contribution is 2.41. The molecule has 1 fully saturated rings. The van der Waals surface area contributed by atoms with Gasteiger partial charge in [-0.2, -0.15) is 13.2 Å². The molecule has 0 unspecified atom stereocenters. The zero-order valence-electron chi connectivity index (χ0n) is 21.6. The number of thiophene rings is 1. The molecule has 3 aromatic heterocycles. The Morgan fingerprint density at radius 3 is 2.54 bits per heavy atom. The van der Waals surface area contributed by atoms with Gasteiger partial charge in [-0.15, -0.1) is 11.3 Å². The molecule has 0 atom stereocenters. The van der Waals surface area contributed by atoms with E-state index in [9.17, 15) is 31.5 Å². The molecule has 1 saturated heterocycles. The maximum Gasteiger partial charge on any atom is 0.420 e. The number of nitrogens with two attached hydrogens (primary N) is 1. The van der Waals surface area contributed by atoms with E-state index in [4.69, 9.17) is 10.2 Å². The number of nitrogen functional groups attached to an aromatic ring is 1. The molecule has 7 nitrogen and oxygen atoms in total. The van der Waals surface area contributed by atoms with Crippen molar-refractivity contribution in [2.45, 2.75) is 44.3 Å². The Balaban J connectivity index is 1.31. The van der Waals surface area contributed by atoms with E-state index < -0.39 is 36.4 Å². The largest absolute Gasteiger partial charge is 0.459 e. The number of pyridine rings is 1. The number of carbonyl (C=O) groups excluding carboxylic acids is 2. The Morgan fingerprint density at radius 2 is 1.85 bits per heavy atom. The number of carbonyl (C=O) groups is 2. The van der Waals surface area contributed by atoms with E-state index in [0.29, 0.717) is 17.1 Å². The van der Waals surface area contributed by atoms with Crippen molar-refractivity contribution < 1.29 is 36.0 Å². The van der Waals surface area contributed by atoms with Crippen LogP contribution in [0.25, 0.3) is 21.4 Å². The monoisotopic (exact) mass is 592 g/mol. The quantitative estimate of drug-likeness (QED) is 0.246. The van der Waals surface area contributed by atoms with Crippen molar-refractivity contribution in [3.8, 4) is 10.4 Å². The number of anilines is 1. The van der Waals surface area contributed by atoms with Gasteiger partial charge in [-0.3, -0.25) is 9.59 Å². The predicted octanol–water partition coefficient (Wildman–Crippen LogP) is 6.28. The number of aryl methyl sites for hydroxylation is 1. The van der Waals surface area contributed by atoms with Crippen LogP contribution in [0.15, 0.2) is 53.1 Å². The van der Waals surface area contributed by atoms with Gasteiger partial charge in [0, 0.05) is 48.8 Å². The normalized spacial score (nSPS) is 15.3. The first-order chi connectivity index (χ1) is 19.4. The Labute approximate surface area is 235 Å². The van der Waals surface area contributed by atoms with Crippen molar-refractivity contribution in [2.24, 2.45) is 0 Å². The molecule has 4 aromatic rings. The molecule has 2 amide bonds. The minimum Gasteiger partial charge on any atom is -0.459 e. The molecule has 5 rings (SSSR count). The number of halogens is 5. The highest BCUT2D eigenvalue weighted by atomic mass is 32.1. The highest BCUT2D eigenvalue weighted by Gasteiger charge is 2.37. The molecule has 1 aromatic carbocycles. The van der Waals surface area contributed by atoms with Gasteiger partial charge in [0.25, 0.3) is 11.8 Å². The molecule has 1 aliphatic heterocycles. The number of likely N-dealkylation sites (tertiary alicyclic amines) is 1. The van der Waals surface area contributed by atoms with Crippen molar-refractivity contribution in [3.05, 3.63) is 70.4 Å². The molecule has 0 aliphatic carbocycles. The number of amides is 2. The van der Waals surface area contributed by atoms with E-state index in [1.54, 1.807) is 18.3 Å². The minimum absolute atomic E-state index is 0.0871. The van der Waals surface area contributed by atoms with Gasteiger partial charge in [0.15, 0.2) is 0 Å². The summed E-state index contributed by atoms with van der Waals surface area (Å²) in [6.45, 7) is -0.279. The third kappa shape index (κ3) is 6.67. The van der Waals surface area contributed by atoms with E-state index in [2.05, 4.69) is 10.3 Å². The van der Waals surface area contributed by atoms with Gasteiger partial charge < -0.3 is 20.4 Å². The van der Waals surface area contributed by atoms with E-state index >= 15 is 0 Å². The third-order valence-electron chi connectivity index (χ3n) is 6.80. The Morgan fingerprint density at radius 1 is 1.10 bits per heavy atom. The second-order valence-corrected chi connectivity index (χ2v) is 10.9. The van der Waals surface area contributed by atoms with E-state index in [0.717, 1.165) is 23.0 Å². The molecular formula is C28H25F5N4O3S. The number of hydrogen-bond donors (Lipinski definition) is 2. The number of benzene rings is 1. The number of aromatic nitrogens is 1. The summed E-state index contributed by atoms with van der Waals surface area (Å²) in [5.41, 5.74) is 5.24. The van der Waals surface area contributed by atoms with Gasteiger partial charge >= 0.3 is 6.18 Å². The van der Waals surface area contributed by atoms with Gasteiger partial charge in [-0.1, -0.05) is 6.07 Å². The average Bonchev–Trinajstić information content (AvgIpc) is 3.57. The first-order valence-electron chi connectivity index (χ1n) is 12.8.